The zero-order valence-electron chi connectivity index (χ0n) is 13.7. The van der Waals surface area contributed by atoms with E-state index in [0.717, 1.165) is 4.90 Å². The van der Waals surface area contributed by atoms with E-state index in [1.807, 2.05) is 0 Å². The Labute approximate surface area is 163 Å². The highest BCUT2D eigenvalue weighted by Gasteiger charge is 2.36. The summed E-state index contributed by atoms with van der Waals surface area (Å²) in [5.41, 5.74) is 0.913. The third kappa shape index (κ3) is 4.27. The zero-order valence-corrected chi connectivity index (χ0v) is 15.2. The van der Waals surface area contributed by atoms with Crippen molar-refractivity contribution >= 4 is 58.1 Å². The van der Waals surface area contributed by atoms with E-state index in [1.165, 1.54) is 24.3 Å². The number of carbonyl (C=O) groups excluding carboxylic acids is 4. The Morgan fingerprint density at radius 2 is 1.70 bits per heavy atom. The minimum absolute atomic E-state index is 0.228. The summed E-state index contributed by atoms with van der Waals surface area (Å²) in [5, 5.41) is 3.16. The molecule has 1 N–H and O–H groups in total. The molecule has 7 nitrogen and oxygen atoms in total. The first-order valence-electron chi connectivity index (χ1n) is 7.72. The minimum atomic E-state index is -0.827. The van der Waals surface area contributed by atoms with Crippen LogP contribution >= 0.6 is 23.2 Å². The Kier molecular flexibility index (Phi) is 5.43. The second-order valence-electron chi connectivity index (χ2n) is 5.60. The summed E-state index contributed by atoms with van der Waals surface area (Å²) in [6.45, 7) is -1.04. The van der Waals surface area contributed by atoms with E-state index in [2.05, 4.69) is 5.32 Å². The molecular formula is C18H12Cl2N2O5. The van der Waals surface area contributed by atoms with Crippen molar-refractivity contribution in [3.8, 4) is 0 Å². The first-order valence-corrected chi connectivity index (χ1v) is 8.47. The van der Waals surface area contributed by atoms with Gasteiger partial charge in [0.05, 0.1) is 11.3 Å². The number of esters is 1. The smallest absolute Gasteiger partial charge is 0.326 e. The quantitative estimate of drug-likeness (QED) is 0.608. The van der Waals surface area contributed by atoms with Crippen molar-refractivity contribution in [3.05, 3.63) is 58.1 Å². The lowest BCUT2D eigenvalue weighted by Gasteiger charge is -2.15. The molecule has 2 amide bonds. The van der Waals surface area contributed by atoms with Gasteiger partial charge in [-0.05, 0) is 30.3 Å². The van der Waals surface area contributed by atoms with Crippen LogP contribution in [0.15, 0.2) is 42.5 Å². The summed E-state index contributed by atoms with van der Waals surface area (Å²) in [6.07, 6.45) is 0. The largest absolute Gasteiger partial charge is 0.454 e. The van der Waals surface area contributed by atoms with Crippen LogP contribution in [0.5, 0.6) is 0 Å². The summed E-state index contributed by atoms with van der Waals surface area (Å²) >= 11 is 11.7. The van der Waals surface area contributed by atoms with Crippen molar-refractivity contribution < 1.29 is 23.9 Å². The van der Waals surface area contributed by atoms with E-state index in [9.17, 15) is 19.2 Å². The van der Waals surface area contributed by atoms with Gasteiger partial charge in [0.2, 0.25) is 0 Å². The van der Waals surface area contributed by atoms with Gasteiger partial charge in [0.1, 0.15) is 6.54 Å². The van der Waals surface area contributed by atoms with Crippen LogP contribution in [-0.2, 0) is 19.1 Å². The number of nitrogens with one attached hydrogen (secondary N) is 1. The van der Waals surface area contributed by atoms with Crippen LogP contribution in [0.25, 0.3) is 0 Å². The summed E-state index contributed by atoms with van der Waals surface area (Å²) in [4.78, 5) is 48.8. The second-order valence-corrected chi connectivity index (χ2v) is 6.48. The molecule has 3 rings (SSSR count). The van der Waals surface area contributed by atoms with E-state index in [0.29, 0.717) is 21.4 Å². The van der Waals surface area contributed by atoms with Gasteiger partial charge in [-0.15, -0.1) is 0 Å². The van der Waals surface area contributed by atoms with Gasteiger partial charge in [-0.2, -0.15) is 0 Å². The van der Waals surface area contributed by atoms with Crippen molar-refractivity contribution in [2.75, 3.05) is 23.4 Å². The standard InChI is InChI=1S/C18H12Cl2N2O5/c19-10-5-11(20)7-12(6-10)21-15(23)9-27-16(24)8-22-14-4-2-1-3-13(14)17(25)18(22)26/h1-7H,8-9H2,(H,21,23). The SMILES string of the molecule is O=C(COC(=O)CN1C(=O)C(=O)c2ccccc21)Nc1cc(Cl)cc(Cl)c1. The molecule has 0 fully saturated rings. The molecule has 0 saturated heterocycles. The van der Waals surface area contributed by atoms with Gasteiger partial charge in [0.25, 0.3) is 17.6 Å². The topological polar surface area (TPSA) is 92.8 Å². The number of hydrogen-bond donors (Lipinski definition) is 1. The van der Waals surface area contributed by atoms with Crippen molar-refractivity contribution in [2.24, 2.45) is 0 Å². The van der Waals surface area contributed by atoms with Crippen LogP contribution in [0.4, 0.5) is 11.4 Å². The van der Waals surface area contributed by atoms with E-state index in [4.69, 9.17) is 27.9 Å². The molecule has 1 aliphatic rings. The number of ketones is 1. The highest BCUT2D eigenvalue weighted by atomic mass is 35.5. The number of hydrogen-bond acceptors (Lipinski definition) is 5. The van der Waals surface area contributed by atoms with Gasteiger partial charge in [-0.25, -0.2) is 0 Å². The summed E-state index contributed by atoms with van der Waals surface area (Å²) in [6, 6.07) is 10.8. The van der Waals surface area contributed by atoms with Crippen molar-refractivity contribution in [1.29, 1.82) is 0 Å². The molecule has 0 radical (unpaired) electrons. The Balaban J connectivity index is 1.56. The normalized spacial score (nSPS) is 12.7. The number of nitrogens with zero attached hydrogens (tertiary/aromatic N) is 1. The van der Waals surface area contributed by atoms with Crippen molar-refractivity contribution in [3.63, 3.8) is 0 Å². The number of anilines is 2. The zero-order chi connectivity index (χ0) is 19.6. The van der Waals surface area contributed by atoms with Crippen molar-refractivity contribution in [2.45, 2.75) is 0 Å². The Morgan fingerprint density at radius 1 is 1.04 bits per heavy atom. The molecule has 0 spiro atoms. The van der Waals surface area contributed by atoms with Gasteiger partial charge in [0.15, 0.2) is 6.61 Å². The highest BCUT2D eigenvalue weighted by molar-refractivity contribution is 6.52. The maximum absolute atomic E-state index is 12.0. The Hall–Kier alpha value is -2.90. The first-order chi connectivity index (χ1) is 12.8. The molecule has 0 unspecified atom stereocenters. The lowest BCUT2D eigenvalue weighted by Crippen LogP contribution is -2.36. The fraction of sp³-hybridized carbons (Fsp3) is 0.111. The Morgan fingerprint density at radius 3 is 2.41 bits per heavy atom. The lowest BCUT2D eigenvalue weighted by atomic mass is 10.1. The number of amides is 2. The molecular weight excluding hydrogens is 395 g/mol. The van der Waals surface area contributed by atoms with Gasteiger partial charge in [0, 0.05) is 15.7 Å². The van der Waals surface area contributed by atoms with Crippen LogP contribution in [0.3, 0.4) is 0 Å². The molecule has 0 atom stereocenters. The summed E-state index contributed by atoms with van der Waals surface area (Å²) in [5.74, 6) is -2.93. The average Bonchev–Trinajstić information content (AvgIpc) is 2.84. The molecule has 9 heteroatoms. The van der Waals surface area contributed by atoms with Crippen LogP contribution in [0.1, 0.15) is 10.4 Å². The van der Waals surface area contributed by atoms with Crippen molar-refractivity contribution in [1.82, 2.24) is 0 Å². The second kappa shape index (κ2) is 7.77. The van der Waals surface area contributed by atoms with Crippen LogP contribution in [0.2, 0.25) is 10.0 Å². The van der Waals surface area contributed by atoms with Crippen LogP contribution in [0, 0.1) is 0 Å². The first kappa shape index (κ1) is 18.9. The predicted molar refractivity (Wildman–Crippen MR) is 99.2 cm³/mol. The number of carbonyl (C=O) groups is 4. The molecule has 1 heterocycles. The predicted octanol–water partition coefficient (Wildman–Crippen LogP) is 2.70. The number of para-hydroxylation sites is 1. The van der Waals surface area contributed by atoms with Crippen LogP contribution in [-0.4, -0.2) is 36.7 Å². The maximum Gasteiger partial charge on any atom is 0.326 e. The monoisotopic (exact) mass is 406 g/mol. The van der Waals surface area contributed by atoms with Gasteiger partial charge >= 0.3 is 5.97 Å². The van der Waals surface area contributed by atoms with E-state index in [1.54, 1.807) is 18.2 Å². The van der Waals surface area contributed by atoms with E-state index in [-0.39, 0.29) is 5.56 Å². The van der Waals surface area contributed by atoms with Crippen LogP contribution < -0.4 is 10.2 Å². The number of benzene rings is 2. The molecule has 138 valence electrons. The molecule has 0 aromatic heterocycles. The Bertz CT molecular complexity index is 940. The lowest BCUT2D eigenvalue weighted by molar-refractivity contribution is -0.146. The van der Waals surface area contributed by atoms with Gasteiger partial charge in [-0.1, -0.05) is 35.3 Å². The molecule has 0 bridgehead atoms. The summed E-state index contributed by atoms with van der Waals surface area (Å²) in [7, 11) is 0. The molecule has 0 aliphatic carbocycles. The number of Topliss-reactive ketones (excluding diaryl/α,β-unsaturated/α-hetero) is 1. The maximum atomic E-state index is 12.0. The molecule has 27 heavy (non-hydrogen) atoms. The fourth-order valence-corrected chi connectivity index (χ4v) is 3.08. The molecule has 1 aliphatic heterocycles. The highest BCUT2D eigenvalue weighted by Crippen LogP contribution is 2.28. The number of halogens is 2. The van der Waals surface area contributed by atoms with E-state index >= 15 is 0 Å². The third-order valence-corrected chi connectivity index (χ3v) is 4.11. The minimum Gasteiger partial charge on any atom is -0.454 e. The van der Waals surface area contributed by atoms with Gasteiger partial charge in [-0.3, -0.25) is 24.1 Å². The molecule has 2 aromatic rings. The van der Waals surface area contributed by atoms with Gasteiger partial charge < -0.3 is 10.1 Å². The van der Waals surface area contributed by atoms with E-state index < -0.39 is 36.7 Å². The average molecular weight is 407 g/mol. The number of fused-ring (bicyclic) bond motifs is 1. The fourth-order valence-electron chi connectivity index (χ4n) is 2.55. The number of ether oxygens (including phenoxy) is 1. The third-order valence-electron chi connectivity index (χ3n) is 3.68. The number of rotatable bonds is 5. The molecule has 2 aromatic carbocycles. The summed E-state index contributed by atoms with van der Waals surface area (Å²) < 4.78 is 4.87. The molecule has 0 saturated carbocycles.